The van der Waals surface area contributed by atoms with E-state index in [0.717, 1.165) is 25.7 Å². The molecule has 0 aliphatic carbocycles. The number of hydrogen-bond donors (Lipinski definition) is 1. The van der Waals surface area contributed by atoms with Gasteiger partial charge in [-0.1, -0.05) is 0 Å². The molecule has 2 amide bonds. The van der Waals surface area contributed by atoms with E-state index in [1.807, 2.05) is 11.9 Å². The van der Waals surface area contributed by atoms with Gasteiger partial charge in [0.2, 0.25) is 0 Å². The minimum atomic E-state index is -0.360. The minimum Gasteiger partial charge on any atom is -0.349 e. The predicted molar refractivity (Wildman–Crippen MR) is 93.1 cm³/mol. The number of aromatic nitrogens is 2. The Labute approximate surface area is 151 Å². The molecular weight excluding hydrogens is 335 g/mol. The van der Waals surface area contributed by atoms with Gasteiger partial charge in [0, 0.05) is 43.1 Å². The van der Waals surface area contributed by atoms with Gasteiger partial charge in [-0.15, -0.1) is 0 Å². The Morgan fingerprint density at radius 2 is 1.81 bits per heavy atom. The number of benzene rings is 1. The molecule has 1 N–H and O–H groups in total. The first kappa shape index (κ1) is 16.8. The maximum atomic E-state index is 13.0. The molecule has 6 nitrogen and oxygen atoms in total. The SMILES string of the molecule is Cn1ccnc1C(=O)N1C2CCC1CC(NC(=O)c1ccc(F)cc1)C2. The second kappa shape index (κ2) is 6.55. The summed E-state index contributed by atoms with van der Waals surface area (Å²) in [5.41, 5.74) is 0.449. The van der Waals surface area contributed by atoms with Gasteiger partial charge in [-0.3, -0.25) is 9.59 Å². The van der Waals surface area contributed by atoms with Crippen molar-refractivity contribution in [3.05, 3.63) is 53.9 Å². The van der Waals surface area contributed by atoms with E-state index in [1.54, 1.807) is 17.0 Å². The first-order valence-corrected chi connectivity index (χ1v) is 8.89. The topological polar surface area (TPSA) is 67.2 Å². The summed E-state index contributed by atoms with van der Waals surface area (Å²) in [5.74, 6) is -0.136. The second-order valence-electron chi connectivity index (χ2n) is 7.11. The summed E-state index contributed by atoms with van der Waals surface area (Å²) < 4.78 is 14.7. The number of carbonyl (C=O) groups excluding carboxylic acids is 2. The highest BCUT2D eigenvalue weighted by atomic mass is 19.1. The number of rotatable bonds is 3. The van der Waals surface area contributed by atoms with Crippen molar-refractivity contribution in [1.82, 2.24) is 19.8 Å². The Bertz CT molecular complexity index is 818. The molecule has 2 aliphatic heterocycles. The molecule has 7 heteroatoms. The molecular formula is C19H21FN4O2. The molecule has 136 valence electrons. The molecule has 4 rings (SSSR count). The van der Waals surface area contributed by atoms with Crippen LogP contribution < -0.4 is 5.32 Å². The number of fused-ring (bicyclic) bond motifs is 2. The highest BCUT2D eigenvalue weighted by molar-refractivity contribution is 5.94. The van der Waals surface area contributed by atoms with Gasteiger partial charge in [-0.05, 0) is 49.9 Å². The highest BCUT2D eigenvalue weighted by Gasteiger charge is 2.44. The zero-order valence-corrected chi connectivity index (χ0v) is 14.6. The van der Waals surface area contributed by atoms with Crippen molar-refractivity contribution in [2.24, 2.45) is 7.05 Å². The quantitative estimate of drug-likeness (QED) is 0.916. The number of amides is 2. The number of nitrogens with one attached hydrogen (secondary N) is 1. The smallest absolute Gasteiger partial charge is 0.290 e. The van der Waals surface area contributed by atoms with Gasteiger partial charge < -0.3 is 14.8 Å². The number of nitrogens with zero attached hydrogens (tertiary/aromatic N) is 3. The third-order valence-corrected chi connectivity index (χ3v) is 5.42. The third-order valence-electron chi connectivity index (χ3n) is 5.42. The van der Waals surface area contributed by atoms with Crippen LogP contribution in [0, 0.1) is 5.82 Å². The minimum absolute atomic E-state index is 0.0236. The molecule has 2 saturated heterocycles. The molecule has 2 unspecified atom stereocenters. The van der Waals surface area contributed by atoms with Crippen LogP contribution in [-0.2, 0) is 7.05 Å². The Morgan fingerprint density at radius 3 is 2.38 bits per heavy atom. The lowest BCUT2D eigenvalue weighted by atomic mass is 9.96. The van der Waals surface area contributed by atoms with Crippen molar-refractivity contribution in [3.63, 3.8) is 0 Å². The van der Waals surface area contributed by atoms with Gasteiger partial charge >= 0.3 is 0 Å². The fourth-order valence-corrected chi connectivity index (χ4v) is 4.18. The lowest BCUT2D eigenvalue weighted by Crippen LogP contribution is -2.52. The van der Waals surface area contributed by atoms with E-state index in [-0.39, 0.29) is 35.8 Å². The molecule has 2 fully saturated rings. The zero-order chi connectivity index (χ0) is 18.3. The molecule has 0 radical (unpaired) electrons. The van der Waals surface area contributed by atoms with E-state index >= 15 is 0 Å². The van der Waals surface area contributed by atoms with E-state index < -0.39 is 0 Å². The Kier molecular flexibility index (Phi) is 4.22. The molecule has 2 aromatic rings. The average Bonchev–Trinajstić information content (AvgIpc) is 3.16. The molecule has 1 aromatic heterocycles. The van der Waals surface area contributed by atoms with Crippen LogP contribution in [0.3, 0.4) is 0 Å². The van der Waals surface area contributed by atoms with Crippen LogP contribution in [-0.4, -0.2) is 44.4 Å². The summed E-state index contributed by atoms with van der Waals surface area (Å²) in [6.45, 7) is 0. The third kappa shape index (κ3) is 2.98. The molecule has 26 heavy (non-hydrogen) atoms. The van der Waals surface area contributed by atoms with Crippen molar-refractivity contribution >= 4 is 11.8 Å². The van der Waals surface area contributed by atoms with Crippen molar-refractivity contribution < 1.29 is 14.0 Å². The Balaban J connectivity index is 1.43. The number of piperidine rings is 1. The van der Waals surface area contributed by atoms with Crippen LogP contribution in [0.1, 0.15) is 46.7 Å². The second-order valence-corrected chi connectivity index (χ2v) is 7.11. The summed E-state index contributed by atoms with van der Waals surface area (Å²) in [6.07, 6.45) is 6.77. The van der Waals surface area contributed by atoms with Crippen LogP contribution in [0.15, 0.2) is 36.7 Å². The maximum absolute atomic E-state index is 13.0. The number of hydrogen-bond acceptors (Lipinski definition) is 3. The maximum Gasteiger partial charge on any atom is 0.290 e. The van der Waals surface area contributed by atoms with Gasteiger partial charge in [0.05, 0.1) is 0 Å². The highest BCUT2D eigenvalue weighted by Crippen LogP contribution is 2.36. The summed E-state index contributed by atoms with van der Waals surface area (Å²) >= 11 is 0. The molecule has 3 heterocycles. The first-order valence-electron chi connectivity index (χ1n) is 8.89. The summed E-state index contributed by atoms with van der Waals surface area (Å²) in [4.78, 5) is 31.3. The van der Waals surface area contributed by atoms with E-state index in [9.17, 15) is 14.0 Å². The number of halogens is 1. The fraction of sp³-hybridized carbons (Fsp3) is 0.421. The van der Waals surface area contributed by atoms with Crippen molar-refractivity contribution in [2.75, 3.05) is 0 Å². The van der Waals surface area contributed by atoms with Crippen molar-refractivity contribution in [1.29, 1.82) is 0 Å². The number of aryl methyl sites for hydroxylation is 1. The molecule has 2 aliphatic rings. The first-order chi connectivity index (χ1) is 12.5. The normalized spacial score (nSPS) is 24.5. The Morgan fingerprint density at radius 1 is 1.15 bits per heavy atom. The van der Waals surface area contributed by atoms with Crippen molar-refractivity contribution in [2.45, 2.75) is 43.8 Å². The van der Waals surface area contributed by atoms with E-state index in [2.05, 4.69) is 10.3 Å². The van der Waals surface area contributed by atoms with Crippen LogP contribution in [0.5, 0.6) is 0 Å². The van der Waals surface area contributed by atoms with Crippen LogP contribution in [0.25, 0.3) is 0 Å². The zero-order valence-electron chi connectivity index (χ0n) is 14.6. The van der Waals surface area contributed by atoms with Gasteiger partial charge in [-0.25, -0.2) is 9.37 Å². The standard InChI is InChI=1S/C19H21FN4O2/c1-23-9-8-21-17(23)19(26)24-15-6-7-16(24)11-14(10-15)22-18(25)12-2-4-13(20)5-3-12/h2-5,8-9,14-16H,6-7,10-11H2,1H3,(H,22,25). The summed E-state index contributed by atoms with van der Waals surface area (Å²) in [7, 11) is 1.82. The van der Waals surface area contributed by atoms with E-state index in [1.165, 1.54) is 24.3 Å². The van der Waals surface area contributed by atoms with Crippen LogP contribution >= 0.6 is 0 Å². The fourth-order valence-electron chi connectivity index (χ4n) is 4.18. The molecule has 2 bridgehead atoms. The van der Waals surface area contributed by atoms with Crippen molar-refractivity contribution in [3.8, 4) is 0 Å². The summed E-state index contributed by atoms with van der Waals surface area (Å²) in [5, 5.41) is 3.04. The van der Waals surface area contributed by atoms with Gasteiger partial charge in [0.1, 0.15) is 5.82 Å². The Hall–Kier alpha value is -2.70. The van der Waals surface area contributed by atoms with Gasteiger partial charge in [0.25, 0.3) is 11.8 Å². The summed E-state index contributed by atoms with van der Waals surface area (Å²) in [6, 6.07) is 5.81. The molecule has 0 saturated carbocycles. The molecule has 2 atom stereocenters. The average molecular weight is 356 g/mol. The number of carbonyl (C=O) groups is 2. The largest absolute Gasteiger partial charge is 0.349 e. The monoisotopic (exact) mass is 356 g/mol. The predicted octanol–water partition coefficient (Wildman–Crippen LogP) is 2.12. The lowest BCUT2D eigenvalue weighted by Gasteiger charge is -2.39. The van der Waals surface area contributed by atoms with E-state index in [4.69, 9.17) is 0 Å². The van der Waals surface area contributed by atoms with E-state index in [0.29, 0.717) is 11.4 Å². The molecule has 0 spiro atoms. The number of imidazole rings is 1. The van der Waals surface area contributed by atoms with Crippen LogP contribution in [0.2, 0.25) is 0 Å². The lowest BCUT2D eigenvalue weighted by molar-refractivity contribution is 0.0534. The van der Waals surface area contributed by atoms with Crippen LogP contribution in [0.4, 0.5) is 4.39 Å². The van der Waals surface area contributed by atoms with Gasteiger partial charge in [-0.2, -0.15) is 0 Å². The molecule has 1 aromatic carbocycles. The van der Waals surface area contributed by atoms with Gasteiger partial charge in [0.15, 0.2) is 5.82 Å².